The number of imidazole rings is 1. The number of nitrogens with zero attached hydrogens (tertiary/aromatic N) is 6. The molecule has 0 N–H and O–H groups in total. The molecule has 5 heterocycles. The van der Waals surface area contributed by atoms with E-state index < -0.39 is 0 Å². The number of hydrogen-bond donors (Lipinski definition) is 0. The van der Waals surface area contributed by atoms with Gasteiger partial charge in [-0.3, -0.25) is 14.5 Å². The van der Waals surface area contributed by atoms with E-state index in [0.717, 1.165) is 47.1 Å². The summed E-state index contributed by atoms with van der Waals surface area (Å²) in [5, 5.41) is 0. The minimum atomic E-state index is -0.264. The summed E-state index contributed by atoms with van der Waals surface area (Å²) >= 11 is 0. The molecule has 0 amide bonds. The lowest BCUT2D eigenvalue weighted by atomic mass is 10.2. The molecule has 2 saturated heterocycles. The van der Waals surface area contributed by atoms with E-state index in [1.807, 2.05) is 22.8 Å². The average Bonchev–Trinajstić information content (AvgIpc) is 3.46. The molecule has 6 rings (SSSR count). The first kappa shape index (κ1) is 17.5. The van der Waals surface area contributed by atoms with Gasteiger partial charge in [0.15, 0.2) is 5.65 Å². The van der Waals surface area contributed by atoms with Gasteiger partial charge in [0.1, 0.15) is 23.0 Å². The molecule has 6 nitrogen and oxygen atoms in total. The van der Waals surface area contributed by atoms with Crippen molar-refractivity contribution in [2.45, 2.75) is 18.5 Å². The monoisotopic (exact) mass is 400 g/mol. The van der Waals surface area contributed by atoms with Crippen LogP contribution in [0.5, 0.6) is 0 Å². The van der Waals surface area contributed by atoms with Crippen molar-refractivity contribution < 1.29 is 4.39 Å². The summed E-state index contributed by atoms with van der Waals surface area (Å²) in [7, 11) is 2.20. The molecule has 2 fully saturated rings. The van der Waals surface area contributed by atoms with Crippen molar-refractivity contribution in [1.29, 1.82) is 0 Å². The minimum Gasteiger partial charge on any atom is -0.351 e. The maximum atomic E-state index is 13.5. The number of halogens is 1. The molecule has 30 heavy (non-hydrogen) atoms. The standard InChI is InChI=1S/C23H21FN6/c1-28-13-19-12-18(28)14-29(19)21-7-6-20-23(27-21)30(17-8-10-25-11-9-17)22(26-20)15-2-4-16(24)5-3-15/h2-11,18-19H,12-14H2,1H3/t18-,19-/m1/s1. The molecule has 2 atom stereocenters. The molecule has 150 valence electrons. The predicted octanol–water partition coefficient (Wildman–Crippen LogP) is 3.51. The van der Waals surface area contributed by atoms with E-state index in [-0.39, 0.29) is 5.82 Å². The highest BCUT2D eigenvalue weighted by Crippen LogP contribution is 2.34. The highest BCUT2D eigenvalue weighted by molar-refractivity contribution is 5.81. The molecule has 0 spiro atoms. The van der Waals surface area contributed by atoms with E-state index in [1.54, 1.807) is 24.5 Å². The Labute approximate surface area is 173 Å². The largest absolute Gasteiger partial charge is 0.351 e. The zero-order valence-electron chi connectivity index (χ0n) is 16.6. The molecule has 4 aromatic rings. The van der Waals surface area contributed by atoms with E-state index >= 15 is 0 Å². The maximum Gasteiger partial charge on any atom is 0.167 e. The van der Waals surface area contributed by atoms with E-state index in [1.165, 1.54) is 18.6 Å². The Morgan fingerprint density at radius 2 is 1.70 bits per heavy atom. The van der Waals surface area contributed by atoms with Gasteiger partial charge in [-0.05, 0) is 62.0 Å². The quantitative estimate of drug-likeness (QED) is 0.527. The zero-order valence-corrected chi connectivity index (χ0v) is 16.6. The molecule has 2 aliphatic rings. The van der Waals surface area contributed by atoms with Crippen LogP contribution in [-0.2, 0) is 0 Å². The summed E-state index contributed by atoms with van der Waals surface area (Å²) < 4.78 is 15.5. The predicted molar refractivity (Wildman–Crippen MR) is 114 cm³/mol. The van der Waals surface area contributed by atoms with Crippen molar-refractivity contribution in [3.05, 3.63) is 66.7 Å². The second kappa shape index (κ2) is 6.60. The van der Waals surface area contributed by atoms with Gasteiger partial charge in [-0.1, -0.05) is 0 Å². The summed E-state index contributed by atoms with van der Waals surface area (Å²) in [4.78, 5) is 18.9. The fourth-order valence-corrected chi connectivity index (χ4v) is 4.78. The molecule has 0 saturated carbocycles. The molecule has 0 aliphatic carbocycles. The van der Waals surface area contributed by atoms with Crippen LogP contribution in [0.15, 0.2) is 60.9 Å². The molecule has 2 bridgehead atoms. The van der Waals surface area contributed by atoms with E-state index in [9.17, 15) is 4.39 Å². The van der Waals surface area contributed by atoms with Gasteiger partial charge in [0.05, 0.1) is 5.69 Å². The summed E-state index contributed by atoms with van der Waals surface area (Å²) in [5.41, 5.74) is 3.39. The highest BCUT2D eigenvalue weighted by Gasteiger charge is 2.42. The summed E-state index contributed by atoms with van der Waals surface area (Å²) in [5.74, 6) is 1.47. The van der Waals surface area contributed by atoms with Gasteiger partial charge in [0, 0.05) is 43.1 Å². The second-order valence-corrected chi connectivity index (χ2v) is 8.13. The Kier molecular flexibility index (Phi) is 3.86. The molecule has 3 aromatic heterocycles. The van der Waals surface area contributed by atoms with Crippen molar-refractivity contribution in [1.82, 2.24) is 24.4 Å². The summed E-state index contributed by atoms with van der Waals surface area (Å²) in [6.45, 7) is 2.09. The number of piperazine rings is 1. The number of anilines is 1. The number of likely N-dealkylation sites (tertiary alicyclic amines) is 1. The lowest BCUT2D eigenvalue weighted by molar-refractivity contribution is 0.292. The van der Waals surface area contributed by atoms with Crippen LogP contribution >= 0.6 is 0 Å². The third-order valence-electron chi connectivity index (χ3n) is 6.32. The first-order valence-corrected chi connectivity index (χ1v) is 10.2. The Balaban J connectivity index is 1.52. The van der Waals surface area contributed by atoms with Gasteiger partial charge in [0.2, 0.25) is 0 Å². The van der Waals surface area contributed by atoms with Gasteiger partial charge in [-0.15, -0.1) is 0 Å². The number of hydrogen-bond acceptors (Lipinski definition) is 5. The van der Waals surface area contributed by atoms with Crippen molar-refractivity contribution in [2.75, 3.05) is 25.0 Å². The normalized spacial score (nSPS) is 21.1. The van der Waals surface area contributed by atoms with Crippen LogP contribution < -0.4 is 4.90 Å². The lowest BCUT2D eigenvalue weighted by Gasteiger charge is -2.32. The van der Waals surface area contributed by atoms with E-state index in [2.05, 4.69) is 27.9 Å². The van der Waals surface area contributed by atoms with E-state index in [0.29, 0.717) is 12.1 Å². The Bertz CT molecular complexity index is 1220. The Hall–Kier alpha value is -3.32. The van der Waals surface area contributed by atoms with Crippen molar-refractivity contribution in [3.8, 4) is 17.1 Å². The van der Waals surface area contributed by atoms with Crippen molar-refractivity contribution in [3.63, 3.8) is 0 Å². The third-order valence-corrected chi connectivity index (χ3v) is 6.32. The van der Waals surface area contributed by atoms with Gasteiger partial charge in [-0.25, -0.2) is 14.4 Å². The van der Waals surface area contributed by atoms with Crippen LogP contribution in [0.2, 0.25) is 0 Å². The number of benzene rings is 1. The molecule has 7 heteroatoms. The third kappa shape index (κ3) is 2.69. The summed E-state index contributed by atoms with van der Waals surface area (Å²) in [6, 6.07) is 15.5. The Morgan fingerprint density at radius 3 is 2.40 bits per heavy atom. The van der Waals surface area contributed by atoms with Crippen LogP contribution in [0.1, 0.15) is 6.42 Å². The van der Waals surface area contributed by atoms with Crippen LogP contribution in [-0.4, -0.2) is 56.6 Å². The Morgan fingerprint density at radius 1 is 0.900 bits per heavy atom. The van der Waals surface area contributed by atoms with Crippen LogP contribution in [0.4, 0.5) is 10.2 Å². The smallest absolute Gasteiger partial charge is 0.167 e. The van der Waals surface area contributed by atoms with Crippen LogP contribution in [0, 0.1) is 5.82 Å². The number of rotatable bonds is 3. The fourth-order valence-electron chi connectivity index (χ4n) is 4.78. The summed E-state index contributed by atoms with van der Waals surface area (Å²) in [6.07, 6.45) is 4.71. The van der Waals surface area contributed by atoms with Crippen molar-refractivity contribution >= 4 is 17.0 Å². The number of likely N-dealkylation sites (N-methyl/N-ethyl adjacent to an activating group) is 1. The molecular formula is C23H21FN6. The first-order chi connectivity index (χ1) is 14.7. The fraction of sp³-hybridized carbons (Fsp3) is 0.261. The molecular weight excluding hydrogens is 379 g/mol. The number of pyridine rings is 2. The molecule has 2 aliphatic heterocycles. The molecule has 0 unspecified atom stereocenters. The van der Waals surface area contributed by atoms with Gasteiger partial charge < -0.3 is 4.90 Å². The van der Waals surface area contributed by atoms with Crippen molar-refractivity contribution in [2.24, 2.45) is 0 Å². The number of aromatic nitrogens is 4. The highest BCUT2D eigenvalue weighted by atomic mass is 19.1. The van der Waals surface area contributed by atoms with E-state index in [4.69, 9.17) is 9.97 Å². The average molecular weight is 400 g/mol. The first-order valence-electron chi connectivity index (χ1n) is 10.2. The molecule has 1 aromatic carbocycles. The minimum absolute atomic E-state index is 0.264. The molecule has 0 radical (unpaired) electrons. The van der Waals surface area contributed by atoms with Gasteiger partial charge >= 0.3 is 0 Å². The maximum absolute atomic E-state index is 13.5. The lowest BCUT2D eigenvalue weighted by Crippen LogP contribution is -2.44. The van der Waals surface area contributed by atoms with Gasteiger partial charge in [0.25, 0.3) is 0 Å². The SMILES string of the molecule is CN1C[C@H]2C[C@@H]1CN2c1ccc2nc(-c3ccc(F)cc3)n(-c3ccncc3)c2n1. The zero-order chi connectivity index (χ0) is 20.2. The second-order valence-electron chi connectivity index (χ2n) is 8.13. The van der Waals surface area contributed by atoms with Crippen LogP contribution in [0.3, 0.4) is 0 Å². The van der Waals surface area contributed by atoms with Crippen LogP contribution in [0.25, 0.3) is 28.2 Å². The topological polar surface area (TPSA) is 50.1 Å². The van der Waals surface area contributed by atoms with Gasteiger partial charge in [-0.2, -0.15) is 0 Å². The number of fused-ring (bicyclic) bond motifs is 3.